The molecule has 2 N–H and O–H groups in total. The molecule has 0 saturated heterocycles. The van der Waals surface area contributed by atoms with Gasteiger partial charge in [0.1, 0.15) is 6.61 Å². The van der Waals surface area contributed by atoms with E-state index in [4.69, 9.17) is 37.8 Å². The number of hydrogen-bond donors (Lipinski definition) is 2. The number of ether oxygens (including phenoxy) is 2. The summed E-state index contributed by atoms with van der Waals surface area (Å²) in [7, 11) is 1.59. The summed E-state index contributed by atoms with van der Waals surface area (Å²) in [5.41, 5.74) is 2.05. The third-order valence-electron chi connectivity index (χ3n) is 3.65. The van der Waals surface area contributed by atoms with Gasteiger partial charge >= 0.3 is 0 Å². The Balaban J connectivity index is 2.04. The molecule has 2 aromatic carbocycles. The summed E-state index contributed by atoms with van der Waals surface area (Å²) in [4.78, 5) is 0. The highest BCUT2D eigenvalue weighted by atomic mass is 35.5. The third kappa shape index (κ3) is 5.02. The molecule has 0 bridgehead atoms. The maximum absolute atomic E-state index is 8.86. The van der Waals surface area contributed by atoms with Crippen LogP contribution in [0.25, 0.3) is 0 Å². The van der Waals surface area contributed by atoms with E-state index in [0.29, 0.717) is 28.1 Å². The van der Waals surface area contributed by atoms with E-state index in [1.807, 2.05) is 30.3 Å². The topological polar surface area (TPSA) is 50.7 Å². The molecule has 0 radical (unpaired) electrons. The van der Waals surface area contributed by atoms with Gasteiger partial charge in [-0.1, -0.05) is 35.3 Å². The molecular formula is C18H21Cl2NO3. The molecule has 0 aliphatic carbocycles. The zero-order valence-corrected chi connectivity index (χ0v) is 15.2. The molecule has 4 nitrogen and oxygen atoms in total. The van der Waals surface area contributed by atoms with E-state index in [1.54, 1.807) is 13.2 Å². The Bertz CT molecular complexity index is 679. The predicted molar refractivity (Wildman–Crippen MR) is 97.3 cm³/mol. The molecule has 0 fully saturated rings. The number of aliphatic hydroxyl groups is 1. The molecule has 24 heavy (non-hydrogen) atoms. The maximum Gasteiger partial charge on any atom is 0.161 e. The minimum Gasteiger partial charge on any atom is -0.493 e. The molecule has 0 spiro atoms. The molecule has 1 atom stereocenters. The Morgan fingerprint density at radius 2 is 1.92 bits per heavy atom. The first-order chi connectivity index (χ1) is 11.5. The highest BCUT2D eigenvalue weighted by Gasteiger charge is 2.11. The van der Waals surface area contributed by atoms with Gasteiger partial charge in [0.05, 0.1) is 13.7 Å². The molecule has 130 valence electrons. The van der Waals surface area contributed by atoms with E-state index in [9.17, 15) is 0 Å². The van der Waals surface area contributed by atoms with Crippen molar-refractivity contribution in [1.29, 1.82) is 0 Å². The van der Waals surface area contributed by atoms with Crippen LogP contribution in [0.2, 0.25) is 10.0 Å². The van der Waals surface area contributed by atoms with E-state index in [0.717, 1.165) is 11.1 Å². The lowest BCUT2D eigenvalue weighted by atomic mass is 10.1. The van der Waals surface area contributed by atoms with Gasteiger partial charge in [0, 0.05) is 22.6 Å². The summed E-state index contributed by atoms with van der Waals surface area (Å²) in [6.07, 6.45) is 0. The van der Waals surface area contributed by atoms with Gasteiger partial charge in [-0.05, 0) is 42.3 Å². The standard InChI is InChI=1S/C18H21Cl2NO3/c1-12(21-11-14-3-5-15(19)10-16(14)20)13-4-6-17(24-8-7-22)18(9-13)23-2/h3-6,9-10,12,21-22H,7-8,11H2,1-2H3. The van der Waals surface area contributed by atoms with Crippen LogP contribution in [0.3, 0.4) is 0 Å². The van der Waals surface area contributed by atoms with Crippen molar-refractivity contribution in [3.63, 3.8) is 0 Å². The Labute approximate surface area is 152 Å². The fourth-order valence-corrected chi connectivity index (χ4v) is 2.75. The highest BCUT2D eigenvalue weighted by Crippen LogP contribution is 2.30. The lowest BCUT2D eigenvalue weighted by Gasteiger charge is -2.17. The van der Waals surface area contributed by atoms with Gasteiger partial charge in [-0.3, -0.25) is 0 Å². The molecule has 2 rings (SSSR count). The number of hydrogen-bond acceptors (Lipinski definition) is 4. The van der Waals surface area contributed by atoms with Crippen LogP contribution in [0.15, 0.2) is 36.4 Å². The zero-order chi connectivity index (χ0) is 17.5. The van der Waals surface area contributed by atoms with Crippen molar-refractivity contribution in [3.8, 4) is 11.5 Å². The summed E-state index contributed by atoms with van der Waals surface area (Å²) in [6.45, 7) is 2.89. The monoisotopic (exact) mass is 369 g/mol. The number of benzene rings is 2. The average molecular weight is 370 g/mol. The van der Waals surface area contributed by atoms with Crippen LogP contribution >= 0.6 is 23.2 Å². The number of aliphatic hydroxyl groups excluding tert-OH is 1. The Morgan fingerprint density at radius 1 is 1.12 bits per heavy atom. The van der Waals surface area contributed by atoms with Crippen molar-refractivity contribution < 1.29 is 14.6 Å². The molecule has 0 amide bonds. The average Bonchev–Trinajstić information content (AvgIpc) is 2.58. The second-order valence-corrected chi connectivity index (χ2v) is 6.16. The minimum atomic E-state index is -0.0370. The van der Waals surface area contributed by atoms with Crippen molar-refractivity contribution in [3.05, 3.63) is 57.6 Å². The normalized spacial score (nSPS) is 12.0. The van der Waals surface area contributed by atoms with Gasteiger partial charge in [-0.2, -0.15) is 0 Å². The van der Waals surface area contributed by atoms with Crippen molar-refractivity contribution in [2.45, 2.75) is 19.5 Å². The molecule has 0 aromatic heterocycles. The third-order valence-corrected chi connectivity index (χ3v) is 4.24. The lowest BCUT2D eigenvalue weighted by molar-refractivity contribution is 0.196. The predicted octanol–water partition coefficient (Wildman–Crippen LogP) is 4.22. The van der Waals surface area contributed by atoms with E-state index in [-0.39, 0.29) is 19.3 Å². The van der Waals surface area contributed by atoms with Crippen LogP contribution in [0.1, 0.15) is 24.1 Å². The SMILES string of the molecule is COc1cc(C(C)NCc2ccc(Cl)cc2Cl)ccc1OCCO. The number of rotatable bonds is 8. The molecule has 2 aromatic rings. The highest BCUT2D eigenvalue weighted by molar-refractivity contribution is 6.35. The molecule has 1 unspecified atom stereocenters. The Morgan fingerprint density at radius 3 is 2.58 bits per heavy atom. The first kappa shape index (κ1) is 18.9. The summed E-state index contributed by atoms with van der Waals surface area (Å²) in [6, 6.07) is 11.3. The van der Waals surface area contributed by atoms with E-state index in [1.165, 1.54) is 0 Å². The van der Waals surface area contributed by atoms with Crippen molar-refractivity contribution in [2.75, 3.05) is 20.3 Å². The molecule has 0 saturated carbocycles. The summed E-state index contributed by atoms with van der Waals surface area (Å²) >= 11 is 12.1. The molecule has 0 heterocycles. The molecule has 0 aliphatic heterocycles. The number of halogens is 2. The van der Waals surface area contributed by atoms with Gasteiger partial charge in [-0.15, -0.1) is 0 Å². The van der Waals surface area contributed by atoms with Gasteiger partial charge in [-0.25, -0.2) is 0 Å². The van der Waals surface area contributed by atoms with Gasteiger partial charge in [0.25, 0.3) is 0 Å². The first-order valence-corrected chi connectivity index (χ1v) is 8.39. The summed E-state index contributed by atoms with van der Waals surface area (Å²) < 4.78 is 10.8. The van der Waals surface area contributed by atoms with Crippen molar-refractivity contribution >= 4 is 23.2 Å². The van der Waals surface area contributed by atoms with E-state index in [2.05, 4.69) is 12.2 Å². The van der Waals surface area contributed by atoms with Crippen LogP contribution in [-0.2, 0) is 6.54 Å². The van der Waals surface area contributed by atoms with Crippen LogP contribution in [0.4, 0.5) is 0 Å². The van der Waals surface area contributed by atoms with Crippen LogP contribution in [0, 0.1) is 0 Å². The molecule has 0 aliphatic rings. The second-order valence-electron chi connectivity index (χ2n) is 5.32. The van der Waals surface area contributed by atoms with Crippen LogP contribution in [0.5, 0.6) is 11.5 Å². The van der Waals surface area contributed by atoms with Gasteiger partial charge in [0.15, 0.2) is 11.5 Å². The fraction of sp³-hybridized carbons (Fsp3) is 0.333. The quantitative estimate of drug-likeness (QED) is 0.731. The smallest absolute Gasteiger partial charge is 0.161 e. The first-order valence-electron chi connectivity index (χ1n) is 7.64. The van der Waals surface area contributed by atoms with Crippen LogP contribution < -0.4 is 14.8 Å². The molecular weight excluding hydrogens is 349 g/mol. The van der Waals surface area contributed by atoms with E-state index >= 15 is 0 Å². The molecule has 6 heteroatoms. The Hall–Kier alpha value is -1.46. The number of nitrogens with one attached hydrogen (secondary N) is 1. The van der Waals surface area contributed by atoms with Crippen molar-refractivity contribution in [1.82, 2.24) is 5.32 Å². The van der Waals surface area contributed by atoms with Crippen molar-refractivity contribution in [2.24, 2.45) is 0 Å². The summed E-state index contributed by atoms with van der Waals surface area (Å²) in [5.74, 6) is 1.25. The second kappa shape index (κ2) is 9.14. The zero-order valence-electron chi connectivity index (χ0n) is 13.7. The number of methoxy groups -OCH3 is 1. The maximum atomic E-state index is 8.86. The van der Waals surface area contributed by atoms with Gasteiger partial charge < -0.3 is 19.9 Å². The summed E-state index contributed by atoms with van der Waals surface area (Å²) in [5, 5.41) is 13.6. The largest absolute Gasteiger partial charge is 0.493 e. The fourth-order valence-electron chi connectivity index (χ4n) is 2.27. The lowest BCUT2D eigenvalue weighted by Crippen LogP contribution is -2.18. The minimum absolute atomic E-state index is 0.0370. The van der Waals surface area contributed by atoms with E-state index < -0.39 is 0 Å². The van der Waals surface area contributed by atoms with Gasteiger partial charge in [0.2, 0.25) is 0 Å². The Kier molecular flexibility index (Phi) is 7.18. The van der Waals surface area contributed by atoms with Crippen LogP contribution in [-0.4, -0.2) is 25.4 Å².